The van der Waals surface area contributed by atoms with Crippen molar-refractivity contribution in [3.05, 3.63) is 22.7 Å². The molecule has 2 aliphatic rings. The van der Waals surface area contributed by atoms with Gasteiger partial charge in [-0.05, 0) is 38.8 Å². The SMILES string of the molecule is O=c1[nH]ccnc1N1CCC[C@H](NC2CCN(CC(F)(F)F)CC2)C1. The van der Waals surface area contributed by atoms with Crippen LogP contribution >= 0.6 is 0 Å². The van der Waals surface area contributed by atoms with E-state index in [1.807, 2.05) is 4.90 Å². The van der Waals surface area contributed by atoms with E-state index in [4.69, 9.17) is 0 Å². The molecule has 0 spiro atoms. The Balaban J connectivity index is 1.49. The molecule has 2 N–H and O–H groups in total. The van der Waals surface area contributed by atoms with E-state index in [1.54, 1.807) is 6.20 Å². The van der Waals surface area contributed by atoms with Gasteiger partial charge in [0, 0.05) is 37.6 Å². The molecule has 0 aromatic carbocycles. The molecule has 0 radical (unpaired) electrons. The highest BCUT2D eigenvalue weighted by atomic mass is 19.4. The van der Waals surface area contributed by atoms with Gasteiger partial charge in [-0.1, -0.05) is 0 Å². The van der Waals surface area contributed by atoms with Crippen LogP contribution in [0.5, 0.6) is 0 Å². The van der Waals surface area contributed by atoms with Crippen molar-refractivity contribution in [2.75, 3.05) is 37.6 Å². The number of alkyl halides is 3. The molecule has 0 unspecified atom stereocenters. The van der Waals surface area contributed by atoms with Crippen LogP contribution in [0.1, 0.15) is 25.7 Å². The quantitative estimate of drug-likeness (QED) is 0.850. The second kappa shape index (κ2) is 7.74. The highest BCUT2D eigenvalue weighted by molar-refractivity contribution is 5.36. The van der Waals surface area contributed by atoms with E-state index in [1.165, 1.54) is 11.1 Å². The molecule has 0 bridgehead atoms. The van der Waals surface area contributed by atoms with Crippen molar-refractivity contribution < 1.29 is 13.2 Å². The molecule has 1 atom stereocenters. The van der Waals surface area contributed by atoms with E-state index < -0.39 is 12.7 Å². The Morgan fingerprint density at radius 1 is 1.20 bits per heavy atom. The zero-order valence-corrected chi connectivity index (χ0v) is 14.1. The molecule has 3 heterocycles. The number of anilines is 1. The lowest BCUT2D eigenvalue weighted by molar-refractivity contribution is -0.148. The van der Waals surface area contributed by atoms with Crippen molar-refractivity contribution in [1.82, 2.24) is 20.2 Å². The van der Waals surface area contributed by atoms with Crippen molar-refractivity contribution in [3.8, 4) is 0 Å². The van der Waals surface area contributed by atoms with Gasteiger partial charge in [0.1, 0.15) is 0 Å². The number of nitrogens with zero attached hydrogens (tertiary/aromatic N) is 3. The second-order valence-corrected chi connectivity index (χ2v) is 6.86. The van der Waals surface area contributed by atoms with E-state index in [0.29, 0.717) is 25.5 Å². The lowest BCUT2D eigenvalue weighted by Crippen LogP contribution is -2.53. The Kier molecular flexibility index (Phi) is 5.63. The third kappa shape index (κ3) is 5.18. The van der Waals surface area contributed by atoms with Crippen LogP contribution in [0.3, 0.4) is 0 Å². The van der Waals surface area contributed by atoms with Crippen LogP contribution in [-0.4, -0.2) is 65.9 Å². The third-order valence-corrected chi connectivity index (χ3v) is 4.87. The van der Waals surface area contributed by atoms with Gasteiger partial charge in [0.25, 0.3) is 5.56 Å². The first kappa shape index (κ1) is 18.2. The third-order valence-electron chi connectivity index (χ3n) is 4.87. The first-order valence-electron chi connectivity index (χ1n) is 8.74. The summed E-state index contributed by atoms with van der Waals surface area (Å²) in [6.07, 6.45) is 2.36. The van der Waals surface area contributed by atoms with Gasteiger partial charge in [-0.2, -0.15) is 13.2 Å². The number of halogens is 3. The molecule has 9 heteroatoms. The number of likely N-dealkylation sites (tertiary alicyclic amines) is 1. The van der Waals surface area contributed by atoms with Crippen molar-refractivity contribution in [3.63, 3.8) is 0 Å². The molecule has 0 saturated carbocycles. The Hall–Kier alpha value is -1.61. The Morgan fingerprint density at radius 3 is 2.64 bits per heavy atom. The fourth-order valence-electron chi connectivity index (χ4n) is 3.72. The number of hydrogen-bond acceptors (Lipinski definition) is 5. The lowest BCUT2D eigenvalue weighted by atomic mass is 10.00. The summed E-state index contributed by atoms with van der Waals surface area (Å²) in [7, 11) is 0. The highest BCUT2D eigenvalue weighted by Crippen LogP contribution is 2.21. The summed E-state index contributed by atoms with van der Waals surface area (Å²) in [6, 6.07) is 0.464. The van der Waals surface area contributed by atoms with Gasteiger partial charge in [0.05, 0.1) is 6.54 Å². The summed E-state index contributed by atoms with van der Waals surface area (Å²) in [4.78, 5) is 22.2. The fraction of sp³-hybridized carbons (Fsp3) is 0.750. The minimum absolute atomic E-state index is 0.191. The van der Waals surface area contributed by atoms with Crippen molar-refractivity contribution >= 4 is 5.82 Å². The maximum atomic E-state index is 12.5. The van der Waals surface area contributed by atoms with E-state index in [0.717, 1.165) is 32.2 Å². The van der Waals surface area contributed by atoms with Crippen LogP contribution in [0, 0.1) is 0 Å². The van der Waals surface area contributed by atoms with Crippen LogP contribution in [0.15, 0.2) is 17.2 Å². The minimum atomic E-state index is -4.13. The number of nitrogens with one attached hydrogen (secondary N) is 2. The summed E-state index contributed by atoms with van der Waals surface area (Å²) in [5, 5.41) is 3.57. The highest BCUT2D eigenvalue weighted by Gasteiger charge is 2.33. The standard InChI is InChI=1S/C16H24F3N5O/c17-16(18,19)11-23-8-3-12(4-9-23)22-13-2-1-7-24(10-13)14-15(25)21-6-5-20-14/h5-6,12-13,22H,1-4,7-11H2,(H,21,25)/t13-/m0/s1. The van der Waals surface area contributed by atoms with Gasteiger partial charge in [-0.25, -0.2) is 4.98 Å². The molecule has 3 rings (SSSR count). The normalized spacial score (nSPS) is 23.8. The molecule has 0 amide bonds. The van der Waals surface area contributed by atoms with E-state index in [9.17, 15) is 18.0 Å². The largest absolute Gasteiger partial charge is 0.401 e. The number of rotatable bonds is 4. The molecule has 6 nitrogen and oxygen atoms in total. The van der Waals surface area contributed by atoms with Gasteiger partial charge in [-0.3, -0.25) is 9.69 Å². The molecular formula is C16H24F3N5O. The average molecular weight is 359 g/mol. The van der Waals surface area contributed by atoms with Crippen molar-refractivity contribution in [2.45, 2.75) is 43.9 Å². The maximum absolute atomic E-state index is 12.5. The Bertz CT molecular complexity index is 612. The maximum Gasteiger partial charge on any atom is 0.401 e. The van der Waals surface area contributed by atoms with Gasteiger partial charge in [-0.15, -0.1) is 0 Å². The van der Waals surface area contributed by atoms with Crippen LogP contribution in [0.2, 0.25) is 0 Å². The summed E-state index contributed by atoms with van der Waals surface area (Å²) < 4.78 is 37.4. The van der Waals surface area contributed by atoms with Crippen molar-refractivity contribution in [1.29, 1.82) is 0 Å². The monoisotopic (exact) mass is 359 g/mol. The molecule has 25 heavy (non-hydrogen) atoms. The second-order valence-electron chi connectivity index (χ2n) is 6.86. The minimum Gasteiger partial charge on any atom is -0.350 e. The summed E-state index contributed by atoms with van der Waals surface area (Å²) in [6.45, 7) is 1.60. The fourth-order valence-corrected chi connectivity index (χ4v) is 3.72. The first-order valence-corrected chi connectivity index (χ1v) is 8.74. The molecule has 1 aromatic rings. The number of aromatic amines is 1. The van der Waals surface area contributed by atoms with Crippen LogP contribution < -0.4 is 15.8 Å². The summed E-state index contributed by atoms with van der Waals surface area (Å²) >= 11 is 0. The van der Waals surface area contributed by atoms with Crippen molar-refractivity contribution in [2.24, 2.45) is 0 Å². The molecule has 2 fully saturated rings. The van der Waals surface area contributed by atoms with E-state index >= 15 is 0 Å². The van der Waals surface area contributed by atoms with Crippen LogP contribution in [-0.2, 0) is 0 Å². The van der Waals surface area contributed by atoms with Gasteiger partial charge in [0.2, 0.25) is 0 Å². The molecule has 0 aliphatic carbocycles. The number of H-pyrrole nitrogens is 1. The zero-order valence-electron chi connectivity index (χ0n) is 14.1. The molecule has 2 saturated heterocycles. The molecule has 140 valence electrons. The van der Waals surface area contributed by atoms with Gasteiger partial charge in [0.15, 0.2) is 5.82 Å². The van der Waals surface area contributed by atoms with Crippen LogP contribution in [0.4, 0.5) is 19.0 Å². The predicted octanol–water partition coefficient (Wildman–Crippen LogP) is 1.35. The van der Waals surface area contributed by atoms with Gasteiger partial charge < -0.3 is 15.2 Å². The van der Waals surface area contributed by atoms with E-state index in [2.05, 4.69) is 15.3 Å². The number of hydrogen-bond donors (Lipinski definition) is 2. The average Bonchev–Trinajstić information content (AvgIpc) is 2.56. The lowest BCUT2D eigenvalue weighted by Gasteiger charge is -2.38. The number of piperidine rings is 2. The molecular weight excluding hydrogens is 335 g/mol. The predicted molar refractivity (Wildman–Crippen MR) is 88.7 cm³/mol. The summed E-state index contributed by atoms with van der Waals surface area (Å²) in [5.74, 6) is 0.439. The first-order chi connectivity index (χ1) is 11.9. The van der Waals surface area contributed by atoms with E-state index in [-0.39, 0.29) is 17.6 Å². The molecule has 2 aliphatic heterocycles. The molecule has 1 aromatic heterocycles. The Morgan fingerprint density at radius 2 is 1.96 bits per heavy atom. The van der Waals surface area contributed by atoms with Crippen LogP contribution in [0.25, 0.3) is 0 Å². The zero-order chi connectivity index (χ0) is 17.9. The van der Waals surface area contributed by atoms with Gasteiger partial charge >= 0.3 is 6.18 Å². The number of aromatic nitrogens is 2. The summed E-state index contributed by atoms with van der Waals surface area (Å²) in [5.41, 5.74) is -0.191. The smallest absolute Gasteiger partial charge is 0.350 e. The Labute approximate surface area is 144 Å². The topological polar surface area (TPSA) is 64.3 Å².